The molecule has 3 rings (SSSR count). The summed E-state index contributed by atoms with van der Waals surface area (Å²) >= 11 is 5.97. The summed E-state index contributed by atoms with van der Waals surface area (Å²) in [5.41, 5.74) is -0.905. The third-order valence-corrected chi connectivity index (χ3v) is 6.97. The fourth-order valence-corrected chi connectivity index (χ4v) is 5.16. The number of halogens is 4. The molecular weight excluding hydrogens is 393 g/mol. The molecule has 11 heteroatoms. The van der Waals surface area contributed by atoms with Crippen LogP contribution in [0, 0.1) is 0 Å². The second-order valence-corrected chi connectivity index (χ2v) is 8.72. The van der Waals surface area contributed by atoms with Crippen molar-refractivity contribution >= 4 is 27.6 Å². The van der Waals surface area contributed by atoms with Crippen LogP contribution in [0.3, 0.4) is 0 Å². The average Bonchev–Trinajstić information content (AvgIpc) is 2.62. The number of rotatable bonds is 3. The van der Waals surface area contributed by atoms with Crippen LogP contribution in [0.1, 0.15) is 24.8 Å². The molecule has 1 aromatic rings. The Hall–Kier alpha value is -1.10. The van der Waals surface area contributed by atoms with Crippen molar-refractivity contribution in [2.45, 2.75) is 25.4 Å². The Kier molecular flexibility index (Phi) is 5.66. The molecule has 2 fully saturated rings. The molecule has 6 nitrogen and oxygen atoms in total. The van der Waals surface area contributed by atoms with E-state index in [4.69, 9.17) is 11.6 Å². The highest BCUT2D eigenvalue weighted by Gasteiger charge is 2.35. The first-order valence-corrected chi connectivity index (χ1v) is 10.2. The second-order valence-electron chi connectivity index (χ2n) is 6.38. The molecule has 2 saturated heterocycles. The van der Waals surface area contributed by atoms with Crippen LogP contribution in [-0.4, -0.2) is 61.3 Å². The summed E-state index contributed by atoms with van der Waals surface area (Å²) in [5, 5.41) is -0.0906. The third kappa shape index (κ3) is 4.08. The number of nitrogens with zero attached hydrogens (tertiary/aromatic N) is 4. The first kappa shape index (κ1) is 19.7. The van der Waals surface area contributed by atoms with Gasteiger partial charge in [-0.15, -0.1) is 0 Å². The summed E-state index contributed by atoms with van der Waals surface area (Å²) in [6.07, 6.45) is -0.985. The second kappa shape index (κ2) is 7.49. The summed E-state index contributed by atoms with van der Waals surface area (Å²) in [6, 6.07) is 0.848. The first-order valence-electron chi connectivity index (χ1n) is 8.42. The van der Waals surface area contributed by atoms with Gasteiger partial charge in [-0.1, -0.05) is 18.0 Å². The minimum atomic E-state index is -4.50. The lowest BCUT2D eigenvalue weighted by molar-refractivity contribution is -0.137. The van der Waals surface area contributed by atoms with Crippen molar-refractivity contribution in [2.75, 3.05) is 44.2 Å². The van der Waals surface area contributed by atoms with Crippen LogP contribution >= 0.6 is 11.6 Å². The van der Waals surface area contributed by atoms with Crippen molar-refractivity contribution in [2.24, 2.45) is 0 Å². The predicted molar refractivity (Wildman–Crippen MR) is 92.4 cm³/mol. The molecule has 0 atom stereocenters. The van der Waals surface area contributed by atoms with Gasteiger partial charge in [-0.3, -0.25) is 0 Å². The van der Waals surface area contributed by atoms with E-state index >= 15 is 0 Å². The zero-order valence-electron chi connectivity index (χ0n) is 14.0. The summed E-state index contributed by atoms with van der Waals surface area (Å²) < 4.78 is 66.4. The first-order chi connectivity index (χ1) is 12.2. The lowest BCUT2D eigenvalue weighted by Gasteiger charge is -2.38. The van der Waals surface area contributed by atoms with Crippen LogP contribution in [-0.2, 0) is 16.4 Å². The number of piperidine rings is 1. The van der Waals surface area contributed by atoms with Crippen LogP contribution in [0.15, 0.2) is 12.3 Å². The molecule has 0 aliphatic carbocycles. The Balaban J connectivity index is 1.67. The van der Waals surface area contributed by atoms with E-state index in [-0.39, 0.29) is 23.9 Å². The van der Waals surface area contributed by atoms with E-state index in [0.717, 1.165) is 31.5 Å². The molecule has 2 aliphatic rings. The maximum absolute atomic E-state index is 12.7. The van der Waals surface area contributed by atoms with E-state index in [1.165, 1.54) is 8.61 Å². The molecule has 0 amide bonds. The smallest absolute Gasteiger partial charge is 0.353 e. The highest BCUT2D eigenvalue weighted by atomic mass is 35.5. The molecule has 1 aromatic heterocycles. The molecule has 146 valence electrons. The van der Waals surface area contributed by atoms with E-state index < -0.39 is 21.9 Å². The van der Waals surface area contributed by atoms with Gasteiger partial charge in [-0.2, -0.15) is 30.2 Å². The Morgan fingerprint density at radius 1 is 0.962 bits per heavy atom. The van der Waals surface area contributed by atoms with E-state index in [0.29, 0.717) is 26.2 Å². The molecule has 0 N–H and O–H groups in total. The van der Waals surface area contributed by atoms with Gasteiger partial charge in [0.25, 0.3) is 10.2 Å². The number of hydrogen-bond acceptors (Lipinski definition) is 4. The van der Waals surface area contributed by atoms with Gasteiger partial charge in [-0.25, -0.2) is 4.98 Å². The molecule has 0 spiro atoms. The minimum Gasteiger partial charge on any atom is -0.353 e. The van der Waals surface area contributed by atoms with Gasteiger partial charge in [0.1, 0.15) is 5.82 Å². The lowest BCUT2D eigenvalue weighted by atomic mass is 10.2. The van der Waals surface area contributed by atoms with Crippen LogP contribution in [0.25, 0.3) is 0 Å². The van der Waals surface area contributed by atoms with Crippen molar-refractivity contribution in [1.29, 1.82) is 0 Å². The van der Waals surface area contributed by atoms with E-state index in [1.54, 1.807) is 4.90 Å². The van der Waals surface area contributed by atoms with Crippen molar-refractivity contribution in [3.8, 4) is 0 Å². The molecule has 0 bridgehead atoms. The fraction of sp³-hybridized carbons (Fsp3) is 0.667. The lowest BCUT2D eigenvalue weighted by Crippen LogP contribution is -2.54. The Morgan fingerprint density at radius 3 is 2.08 bits per heavy atom. The van der Waals surface area contributed by atoms with E-state index in [2.05, 4.69) is 4.98 Å². The van der Waals surface area contributed by atoms with Gasteiger partial charge in [-0.05, 0) is 18.9 Å². The molecule has 0 aromatic carbocycles. The largest absolute Gasteiger partial charge is 0.417 e. The molecule has 3 heterocycles. The van der Waals surface area contributed by atoms with Crippen molar-refractivity contribution in [3.05, 3.63) is 22.8 Å². The van der Waals surface area contributed by atoms with Crippen molar-refractivity contribution < 1.29 is 21.6 Å². The van der Waals surface area contributed by atoms with Crippen molar-refractivity contribution in [1.82, 2.24) is 13.6 Å². The van der Waals surface area contributed by atoms with Gasteiger partial charge in [0.2, 0.25) is 0 Å². The van der Waals surface area contributed by atoms with Gasteiger partial charge in [0, 0.05) is 45.5 Å². The van der Waals surface area contributed by atoms with Gasteiger partial charge in [0.05, 0.1) is 10.6 Å². The van der Waals surface area contributed by atoms with Crippen LogP contribution in [0.5, 0.6) is 0 Å². The topological polar surface area (TPSA) is 56.8 Å². The fourth-order valence-electron chi connectivity index (χ4n) is 3.21. The van der Waals surface area contributed by atoms with Crippen LogP contribution in [0.4, 0.5) is 19.0 Å². The number of pyridine rings is 1. The summed E-state index contributed by atoms with van der Waals surface area (Å²) in [6.45, 7) is 2.22. The van der Waals surface area contributed by atoms with Crippen molar-refractivity contribution in [3.63, 3.8) is 0 Å². The zero-order chi connectivity index (χ0) is 18.9. The molecule has 0 unspecified atom stereocenters. The number of anilines is 1. The summed E-state index contributed by atoms with van der Waals surface area (Å²) in [7, 11) is -3.49. The Labute approximate surface area is 155 Å². The Morgan fingerprint density at radius 2 is 1.54 bits per heavy atom. The SMILES string of the molecule is O=S(=O)(N1CCCCC1)N1CCN(c2ncc(C(F)(F)F)cc2Cl)CC1. The number of piperazine rings is 1. The summed E-state index contributed by atoms with van der Waals surface area (Å²) in [4.78, 5) is 5.55. The van der Waals surface area contributed by atoms with Gasteiger partial charge in [0.15, 0.2) is 0 Å². The van der Waals surface area contributed by atoms with E-state index in [1.807, 2.05) is 0 Å². The van der Waals surface area contributed by atoms with Crippen LogP contribution < -0.4 is 4.90 Å². The van der Waals surface area contributed by atoms with E-state index in [9.17, 15) is 21.6 Å². The average molecular weight is 413 g/mol. The number of alkyl halides is 3. The van der Waals surface area contributed by atoms with Gasteiger partial charge < -0.3 is 4.90 Å². The molecule has 2 aliphatic heterocycles. The maximum Gasteiger partial charge on any atom is 0.417 e. The molecule has 0 saturated carbocycles. The Bertz CT molecular complexity index is 746. The molecule has 26 heavy (non-hydrogen) atoms. The standard InChI is InChI=1S/C15H20ClF3N4O2S/c16-13-10-12(15(17,18)19)11-20-14(13)21-6-8-23(9-7-21)26(24,25)22-4-2-1-3-5-22/h10-11H,1-9H2. The highest BCUT2D eigenvalue weighted by Crippen LogP contribution is 2.34. The molecule has 0 radical (unpaired) electrons. The van der Waals surface area contributed by atoms with Crippen LogP contribution in [0.2, 0.25) is 5.02 Å². The molecular formula is C15H20ClF3N4O2S. The summed E-state index contributed by atoms with van der Waals surface area (Å²) in [5.74, 6) is 0.245. The quantitative estimate of drug-likeness (QED) is 0.765. The highest BCUT2D eigenvalue weighted by molar-refractivity contribution is 7.86. The number of hydrogen-bond donors (Lipinski definition) is 0. The third-order valence-electron chi connectivity index (χ3n) is 4.65. The number of aromatic nitrogens is 1. The predicted octanol–water partition coefficient (Wildman–Crippen LogP) is 2.61. The maximum atomic E-state index is 12.7. The van der Waals surface area contributed by atoms with Gasteiger partial charge >= 0.3 is 6.18 Å². The normalized spacial score (nSPS) is 21.2. The monoisotopic (exact) mass is 412 g/mol. The zero-order valence-corrected chi connectivity index (χ0v) is 15.6. The minimum absolute atomic E-state index is 0.0906.